The van der Waals surface area contributed by atoms with Gasteiger partial charge in [0.05, 0.1) is 21.7 Å². The van der Waals surface area contributed by atoms with Crippen LogP contribution in [0.25, 0.3) is 10.8 Å². The molecule has 3 aromatic carbocycles. The fourth-order valence-corrected chi connectivity index (χ4v) is 3.41. The first kappa shape index (κ1) is 22.5. The number of benzene rings is 3. The lowest BCUT2D eigenvalue weighted by Crippen LogP contribution is -2.15. The van der Waals surface area contributed by atoms with E-state index in [1.54, 1.807) is 12.1 Å². The molecule has 0 saturated heterocycles. The first-order valence-electron chi connectivity index (χ1n) is 9.55. The SMILES string of the molecule is O=C(Nc1ccc2c(Cc3ccc(Cl)c(F)c3)n[nH]c(=O)c2c1)c1ccc(C(F)(F)F)cc1. The van der Waals surface area contributed by atoms with Crippen LogP contribution in [-0.2, 0) is 12.6 Å². The standard InChI is InChI=1S/C23H14ClF4N3O2/c24-18-8-1-12(9-19(18)25)10-20-16-7-6-15(11-17(16)22(33)31-30-20)29-21(32)13-2-4-14(5-3-13)23(26,27)28/h1-9,11H,10H2,(H,29,32)(H,31,33). The van der Waals surface area contributed by atoms with E-state index >= 15 is 0 Å². The van der Waals surface area contributed by atoms with Crippen LogP contribution >= 0.6 is 11.6 Å². The summed E-state index contributed by atoms with van der Waals surface area (Å²) in [5, 5.41) is 9.72. The second-order valence-electron chi connectivity index (χ2n) is 7.21. The zero-order chi connectivity index (χ0) is 23.8. The molecule has 0 saturated carbocycles. The molecule has 0 fully saturated rings. The summed E-state index contributed by atoms with van der Waals surface area (Å²) in [6.45, 7) is 0. The molecule has 2 N–H and O–H groups in total. The largest absolute Gasteiger partial charge is 0.416 e. The number of carbonyl (C=O) groups excluding carboxylic acids is 1. The van der Waals surface area contributed by atoms with Gasteiger partial charge in [0, 0.05) is 23.1 Å². The van der Waals surface area contributed by atoms with E-state index in [4.69, 9.17) is 11.6 Å². The lowest BCUT2D eigenvalue weighted by Gasteiger charge is -2.10. The predicted octanol–water partition coefficient (Wildman–Crippen LogP) is 5.58. The fraction of sp³-hybridized carbons (Fsp3) is 0.0870. The zero-order valence-electron chi connectivity index (χ0n) is 16.6. The number of halogens is 5. The average molecular weight is 476 g/mol. The van der Waals surface area contributed by atoms with Crippen LogP contribution in [-0.4, -0.2) is 16.1 Å². The maximum Gasteiger partial charge on any atom is 0.416 e. The molecular weight excluding hydrogens is 462 g/mol. The number of nitrogens with one attached hydrogen (secondary N) is 2. The molecular formula is C23H14ClF4N3O2. The summed E-state index contributed by atoms with van der Waals surface area (Å²) in [6.07, 6.45) is -4.28. The van der Waals surface area contributed by atoms with Crippen LogP contribution in [0, 0.1) is 5.82 Å². The molecule has 0 unspecified atom stereocenters. The number of alkyl halides is 3. The Morgan fingerprint density at radius 3 is 2.39 bits per heavy atom. The van der Waals surface area contributed by atoms with Gasteiger partial charge in [0.25, 0.3) is 11.5 Å². The van der Waals surface area contributed by atoms with Gasteiger partial charge in [-0.1, -0.05) is 23.7 Å². The molecule has 0 bridgehead atoms. The van der Waals surface area contributed by atoms with Gasteiger partial charge in [-0.15, -0.1) is 0 Å². The molecule has 0 aliphatic carbocycles. The summed E-state index contributed by atoms with van der Waals surface area (Å²) in [5.74, 6) is -1.21. The van der Waals surface area contributed by atoms with Crippen LogP contribution < -0.4 is 10.9 Å². The van der Waals surface area contributed by atoms with E-state index in [-0.39, 0.29) is 28.1 Å². The van der Waals surface area contributed by atoms with Gasteiger partial charge < -0.3 is 5.32 Å². The van der Waals surface area contributed by atoms with Gasteiger partial charge in [0.15, 0.2) is 0 Å². The second-order valence-corrected chi connectivity index (χ2v) is 7.62. The van der Waals surface area contributed by atoms with Crippen LogP contribution in [0.1, 0.15) is 27.2 Å². The molecule has 0 aliphatic heterocycles. The first-order valence-corrected chi connectivity index (χ1v) is 9.93. The van der Waals surface area contributed by atoms with E-state index in [1.807, 2.05) is 0 Å². The number of rotatable bonds is 4. The third-order valence-electron chi connectivity index (χ3n) is 4.96. The highest BCUT2D eigenvalue weighted by atomic mass is 35.5. The Bertz CT molecular complexity index is 1420. The summed E-state index contributed by atoms with van der Waals surface area (Å²) in [6, 6.07) is 12.7. The molecule has 4 aromatic rings. The van der Waals surface area contributed by atoms with Crippen molar-refractivity contribution >= 4 is 34.0 Å². The Morgan fingerprint density at radius 1 is 1.00 bits per heavy atom. The average Bonchev–Trinajstić information content (AvgIpc) is 2.78. The van der Waals surface area contributed by atoms with Crippen molar-refractivity contribution in [2.45, 2.75) is 12.6 Å². The molecule has 1 aromatic heterocycles. The van der Waals surface area contributed by atoms with E-state index in [9.17, 15) is 27.2 Å². The van der Waals surface area contributed by atoms with Crippen LogP contribution in [0.5, 0.6) is 0 Å². The van der Waals surface area contributed by atoms with Gasteiger partial charge in [-0.05, 0) is 54.1 Å². The highest BCUT2D eigenvalue weighted by Crippen LogP contribution is 2.29. The molecule has 1 heterocycles. The third-order valence-corrected chi connectivity index (χ3v) is 5.26. The van der Waals surface area contributed by atoms with Crippen LogP contribution in [0.2, 0.25) is 5.02 Å². The monoisotopic (exact) mass is 475 g/mol. The molecule has 0 spiro atoms. The van der Waals surface area contributed by atoms with Crippen molar-refractivity contribution in [3.05, 3.63) is 104 Å². The maximum absolute atomic E-state index is 13.7. The van der Waals surface area contributed by atoms with Gasteiger partial charge in [0.2, 0.25) is 0 Å². The minimum absolute atomic E-state index is 0.00790. The number of fused-ring (bicyclic) bond motifs is 1. The number of anilines is 1. The van der Waals surface area contributed by atoms with E-state index < -0.39 is 29.0 Å². The minimum Gasteiger partial charge on any atom is -0.322 e. The molecule has 10 heteroatoms. The predicted molar refractivity (Wildman–Crippen MR) is 116 cm³/mol. The summed E-state index contributed by atoms with van der Waals surface area (Å²) in [5.41, 5.74) is 0.00713. The second kappa shape index (κ2) is 8.67. The van der Waals surface area contributed by atoms with Crippen molar-refractivity contribution in [1.82, 2.24) is 10.2 Å². The molecule has 0 radical (unpaired) electrons. The fourth-order valence-electron chi connectivity index (χ4n) is 3.29. The number of amides is 1. The van der Waals surface area contributed by atoms with Crippen molar-refractivity contribution in [1.29, 1.82) is 0 Å². The highest BCUT2D eigenvalue weighted by Gasteiger charge is 2.30. The van der Waals surface area contributed by atoms with Crippen molar-refractivity contribution in [2.24, 2.45) is 0 Å². The molecule has 33 heavy (non-hydrogen) atoms. The molecule has 0 aliphatic rings. The van der Waals surface area contributed by atoms with Crippen LogP contribution in [0.15, 0.2) is 65.5 Å². The number of aromatic amines is 1. The van der Waals surface area contributed by atoms with E-state index in [0.717, 1.165) is 24.3 Å². The molecule has 168 valence electrons. The molecule has 4 rings (SSSR count). The van der Waals surface area contributed by atoms with E-state index in [2.05, 4.69) is 15.5 Å². The smallest absolute Gasteiger partial charge is 0.322 e. The van der Waals surface area contributed by atoms with Crippen molar-refractivity contribution in [3.8, 4) is 0 Å². The minimum atomic E-state index is -4.50. The summed E-state index contributed by atoms with van der Waals surface area (Å²) >= 11 is 5.71. The Kier molecular flexibility index (Phi) is 5.90. The lowest BCUT2D eigenvalue weighted by molar-refractivity contribution is -0.137. The van der Waals surface area contributed by atoms with Gasteiger partial charge in [-0.2, -0.15) is 18.3 Å². The van der Waals surface area contributed by atoms with Crippen molar-refractivity contribution < 1.29 is 22.4 Å². The molecule has 1 amide bonds. The molecule has 0 atom stereocenters. The number of aromatic nitrogens is 2. The number of hydrogen-bond donors (Lipinski definition) is 2. The van der Waals surface area contributed by atoms with Gasteiger partial charge in [-0.3, -0.25) is 9.59 Å². The van der Waals surface area contributed by atoms with E-state index in [1.165, 1.54) is 24.3 Å². The number of carbonyl (C=O) groups is 1. The highest BCUT2D eigenvalue weighted by molar-refractivity contribution is 6.30. The number of H-pyrrole nitrogens is 1. The molecule has 5 nitrogen and oxygen atoms in total. The van der Waals surface area contributed by atoms with Crippen LogP contribution in [0.3, 0.4) is 0 Å². The first-order chi connectivity index (χ1) is 15.6. The van der Waals surface area contributed by atoms with E-state index in [0.29, 0.717) is 16.6 Å². The number of hydrogen-bond acceptors (Lipinski definition) is 3. The van der Waals surface area contributed by atoms with Gasteiger partial charge >= 0.3 is 6.18 Å². The Balaban J connectivity index is 1.60. The van der Waals surface area contributed by atoms with Gasteiger partial charge in [-0.25, -0.2) is 9.49 Å². The Hall–Kier alpha value is -3.72. The van der Waals surface area contributed by atoms with Gasteiger partial charge in [0.1, 0.15) is 5.82 Å². The third kappa shape index (κ3) is 4.88. The normalized spacial score (nSPS) is 11.5. The zero-order valence-corrected chi connectivity index (χ0v) is 17.4. The summed E-state index contributed by atoms with van der Waals surface area (Å²) in [7, 11) is 0. The maximum atomic E-state index is 13.7. The van der Waals surface area contributed by atoms with Crippen LogP contribution in [0.4, 0.5) is 23.2 Å². The Labute approximate surface area is 189 Å². The number of nitrogens with zero attached hydrogens (tertiary/aromatic N) is 1. The van der Waals surface area contributed by atoms with Crippen molar-refractivity contribution in [3.63, 3.8) is 0 Å². The van der Waals surface area contributed by atoms with Crippen molar-refractivity contribution in [2.75, 3.05) is 5.32 Å². The quantitative estimate of drug-likeness (QED) is 0.378. The lowest BCUT2D eigenvalue weighted by atomic mass is 10.0. The summed E-state index contributed by atoms with van der Waals surface area (Å²) < 4.78 is 51.8. The Morgan fingerprint density at radius 2 is 1.73 bits per heavy atom. The topological polar surface area (TPSA) is 74.8 Å². The summed E-state index contributed by atoms with van der Waals surface area (Å²) in [4.78, 5) is 24.7.